The molecule has 4 nitrogen and oxygen atoms in total. The molecule has 1 fully saturated rings. The highest BCUT2D eigenvalue weighted by atomic mass is 32.1. The van der Waals surface area contributed by atoms with Gasteiger partial charge < -0.3 is 10.4 Å². The van der Waals surface area contributed by atoms with Crippen LogP contribution >= 0.6 is 11.3 Å². The summed E-state index contributed by atoms with van der Waals surface area (Å²) in [4.78, 5) is 7.87. The van der Waals surface area contributed by atoms with Crippen LogP contribution in [0.3, 0.4) is 0 Å². The first-order valence-electron chi connectivity index (χ1n) is 6.77. The van der Waals surface area contributed by atoms with Crippen LogP contribution in [0.1, 0.15) is 37.5 Å². The molecule has 0 spiro atoms. The monoisotopic (exact) mass is 269 g/mol. The summed E-state index contributed by atoms with van der Waals surface area (Å²) in [7, 11) is 2.10. The molecule has 0 bridgehead atoms. The quantitative estimate of drug-likeness (QED) is 0.861. The first-order chi connectivity index (χ1) is 8.70. The van der Waals surface area contributed by atoms with Crippen LogP contribution in [0.15, 0.2) is 6.20 Å². The lowest BCUT2D eigenvalue weighted by atomic mass is 9.91. The van der Waals surface area contributed by atoms with E-state index in [-0.39, 0.29) is 6.10 Å². The first-order valence-corrected chi connectivity index (χ1v) is 7.59. The molecule has 2 atom stereocenters. The lowest BCUT2D eigenvalue weighted by molar-refractivity contribution is 0.0292. The van der Waals surface area contributed by atoms with Crippen LogP contribution in [0.5, 0.6) is 0 Å². The number of aromatic nitrogens is 1. The minimum Gasteiger partial charge on any atom is -0.391 e. The number of rotatable bonds is 5. The Morgan fingerprint density at radius 2 is 2.28 bits per heavy atom. The molecule has 0 aliphatic heterocycles. The summed E-state index contributed by atoms with van der Waals surface area (Å²) < 4.78 is 0. The fourth-order valence-corrected chi connectivity index (χ4v) is 3.53. The fourth-order valence-electron chi connectivity index (χ4n) is 2.58. The Morgan fingerprint density at radius 1 is 1.50 bits per heavy atom. The molecule has 0 aromatic carbocycles. The molecule has 1 aromatic heterocycles. The van der Waals surface area contributed by atoms with Crippen LogP contribution in [-0.4, -0.2) is 40.7 Å². The lowest BCUT2D eigenvalue weighted by Gasteiger charge is -2.34. The van der Waals surface area contributed by atoms with Gasteiger partial charge in [-0.1, -0.05) is 12.8 Å². The molecule has 0 radical (unpaired) electrons. The highest BCUT2D eigenvalue weighted by molar-refractivity contribution is 7.15. The first kappa shape index (κ1) is 13.8. The molecule has 2 N–H and O–H groups in total. The molecular formula is C13H23N3OS. The maximum Gasteiger partial charge on any atom is 0.182 e. The van der Waals surface area contributed by atoms with Crippen molar-refractivity contribution in [2.24, 2.45) is 0 Å². The molecule has 5 heteroatoms. The van der Waals surface area contributed by atoms with Crippen molar-refractivity contribution in [3.63, 3.8) is 0 Å². The van der Waals surface area contributed by atoms with Crippen LogP contribution in [0.25, 0.3) is 0 Å². The van der Waals surface area contributed by atoms with Gasteiger partial charge >= 0.3 is 0 Å². The Labute approximate surface area is 113 Å². The minimum absolute atomic E-state index is 0.162. The zero-order valence-corrected chi connectivity index (χ0v) is 12.0. The molecular weight excluding hydrogens is 246 g/mol. The number of likely N-dealkylation sites (N-methyl/N-ethyl adjacent to an activating group) is 1. The Balaban J connectivity index is 1.90. The van der Waals surface area contributed by atoms with Gasteiger partial charge in [0.1, 0.15) is 0 Å². The third kappa shape index (κ3) is 3.43. The molecule has 0 saturated heterocycles. The van der Waals surface area contributed by atoms with Gasteiger partial charge in [-0.2, -0.15) is 0 Å². The summed E-state index contributed by atoms with van der Waals surface area (Å²) in [5, 5.41) is 14.3. The second-order valence-corrected chi connectivity index (χ2v) is 6.11. The zero-order chi connectivity index (χ0) is 13.0. The van der Waals surface area contributed by atoms with Crippen LogP contribution < -0.4 is 5.32 Å². The number of aliphatic hydroxyl groups is 1. The number of nitrogens with zero attached hydrogens (tertiary/aromatic N) is 2. The molecule has 1 aliphatic rings. The number of nitrogens with one attached hydrogen (secondary N) is 1. The maximum absolute atomic E-state index is 10.0. The van der Waals surface area contributed by atoms with Crippen LogP contribution in [0.2, 0.25) is 0 Å². The van der Waals surface area contributed by atoms with Gasteiger partial charge in [0.05, 0.1) is 6.10 Å². The van der Waals surface area contributed by atoms with Gasteiger partial charge in [0.25, 0.3) is 0 Å². The van der Waals surface area contributed by atoms with Gasteiger partial charge in [-0.3, -0.25) is 4.90 Å². The van der Waals surface area contributed by atoms with E-state index in [4.69, 9.17) is 0 Å². The van der Waals surface area contributed by atoms with Crippen molar-refractivity contribution in [2.75, 3.05) is 18.9 Å². The van der Waals surface area contributed by atoms with Gasteiger partial charge in [0, 0.05) is 30.2 Å². The van der Waals surface area contributed by atoms with E-state index >= 15 is 0 Å². The summed E-state index contributed by atoms with van der Waals surface area (Å²) in [6, 6.07) is 0.309. The zero-order valence-electron chi connectivity index (χ0n) is 11.2. The third-order valence-corrected chi connectivity index (χ3v) is 4.49. The maximum atomic E-state index is 10.0. The molecule has 2 rings (SSSR count). The summed E-state index contributed by atoms with van der Waals surface area (Å²) >= 11 is 1.71. The second-order valence-electron chi connectivity index (χ2n) is 5.00. The standard InChI is InChI=1S/C13H23N3OS/c1-3-14-13-15-8-10(18-13)9-16(2)11-6-4-5-7-12(11)17/h8,11-12,17H,3-7,9H2,1-2H3,(H,14,15). The highest BCUT2D eigenvalue weighted by Crippen LogP contribution is 2.25. The number of hydrogen-bond acceptors (Lipinski definition) is 5. The summed E-state index contributed by atoms with van der Waals surface area (Å²) in [5.74, 6) is 0. The van der Waals surface area contributed by atoms with Crippen LogP contribution in [-0.2, 0) is 6.54 Å². The normalized spacial score (nSPS) is 24.4. The number of hydrogen-bond donors (Lipinski definition) is 2. The van der Waals surface area contributed by atoms with Gasteiger partial charge in [-0.15, -0.1) is 11.3 Å². The molecule has 102 valence electrons. The molecule has 2 unspecified atom stereocenters. The van der Waals surface area contributed by atoms with Crippen LogP contribution in [0.4, 0.5) is 5.13 Å². The summed E-state index contributed by atoms with van der Waals surface area (Å²) in [6.45, 7) is 3.86. The summed E-state index contributed by atoms with van der Waals surface area (Å²) in [5.41, 5.74) is 0. The fraction of sp³-hybridized carbons (Fsp3) is 0.769. The number of anilines is 1. The van der Waals surface area contributed by atoms with E-state index in [9.17, 15) is 5.11 Å². The van der Waals surface area contributed by atoms with Crippen molar-refractivity contribution in [1.29, 1.82) is 0 Å². The largest absolute Gasteiger partial charge is 0.391 e. The van der Waals surface area contributed by atoms with E-state index in [1.54, 1.807) is 11.3 Å². The molecule has 1 saturated carbocycles. The van der Waals surface area contributed by atoms with Crippen molar-refractivity contribution < 1.29 is 5.11 Å². The smallest absolute Gasteiger partial charge is 0.182 e. The Morgan fingerprint density at radius 3 is 3.00 bits per heavy atom. The molecule has 1 aromatic rings. The Bertz CT molecular complexity index is 369. The van der Waals surface area contributed by atoms with Crippen LogP contribution in [0, 0.1) is 0 Å². The molecule has 18 heavy (non-hydrogen) atoms. The Hall–Kier alpha value is -0.650. The summed E-state index contributed by atoms with van der Waals surface area (Å²) in [6.07, 6.45) is 6.23. The SMILES string of the molecule is CCNc1ncc(CN(C)C2CCCCC2O)s1. The Kier molecular flexibility index (Phi) is 4.97. The van der Waals surface area contributed by atoms with E-state index < -0.39 is 0 Å². The third-order valence-electron chi connectivity index (χ3n) is 3.55. The van der Waals surface area contributed by atoms with E-state index in [1.165, 1.54) is 11.3 Å². The van der Waals surface area contributed by atoms with E-state index in [1.807, 2.05) is 6.20 Å². The molecule has 0 amide bonds. The lowest BCUT2D eigenvalue weighted by Crippen LogP contribution is -2.42. The average molecular weight is 269 g/mol. The van der Waals surface area contributed by atoms with E-state index in [0.717, 1.165) is 37.5 Å². The second kappa shape index (κ2) is 6.50. The highest BCUT2D eigenvalue weighted by Gasteiger charge is 2.26. The van der Waals surface area contributed by atoms with Crippen molar-refractivity contribution in [3.05, 3.63) is 11.1 Å². The van der Waals surface area contributed by atoms with Crippen molar-refractivity contribution >= 4 is 16.5 Å². The topological polar surface area (TPSA) is 48.4 Å². The number of aliphatic hydroxyl groups excluding tert-OH is 1. The molecule has 1 aliphatic carbocycles. The van der Waals surface area contributed by atoms with Crippen molar-refractivity contribution in [2.45, 2.75) is 51.3 Å². The van der Waals surface area contributed by atoms with Gasteiger partial charge in [0.2, 0.25) is 0 Å². The van der Waals surface area contributed by atoms with Gasteiger partial charge in [-0.05, 0) is 26.8 Å². The van der Waals surface area contributed by atoms with E-state index in [0.29, 0.717) is 6.04 Å². The van der Waals surface area contributed by atoms with Crippen molar-refractivity contribution in [3.8, 4) is 0 Å². The number of thiazole rings is 1. The minimum atomic E-state index is -0.162. The predicted molar refractivity (Wildman–Crippen MR) is 76.0 cm³/mol. The van der Waals surface area contributed by atoms with Gasteiger partial charge in [-0.25, -0.2) is 4.98 Å². The average Bonchev–Trinajstić information content (AvgIpc) is 2.77. The van der Waals surface area contributed by atoms with Gasteiger partial charge in [0.15, 0.2) is 5.13 Å². The molecule has 1 heterocycles. The van der Waals surface area contributed by atoms with E-state index in [2.05, 4.69) is 29.2 Å². The van der Waals surface area contributed by atoms with Crippen molar-refractivity contribution in [1.82, 2.24) is 9.88 Å². The predicted octanol–water partition coefficient (Wildman–Crippen LogP) is 2.31.